The van der Waals surface area contributed by atoms with E-state index in [1.165, 1.54) is 24.3 Å². The van der Waals surface area contributed by atoms with Crippen LogP contribution in [0.1, 0.15) is 107 Å². The molecule has 0 saturated carbocycles. The lowest BCUT2D eigenvalue weighted by molar-refractivity contribution is 0.0681. The molecule has 0 spiro atoms. The van der Waals surface area contributed by atoms with Crippen molar-refractivity contribution in [2.45, 2.75) is 65.2 Å². The molecule has 4 N–H and O–H groups in total. The van der Waals surface area contributed by atoms with Crippen molar-refractivity contribution in [2.75, 3.05) is 13.2 Å². The van der Waals surface area contributed by atoms with E-state index in [0.717, 1.165) is 38.5 Å². The molecule has 46 heavy (non-hydrogen) atoms. The minimum atomic E-state index is -1.34. The summed E-state index contributed by atoms with van der Waals surface area (Å²) < 4.78 is 12.4. The van der Waals surface area contributed by atoms with Crippen molar-refractivity contribution in [3.63, 3.8) is 0 Å². The van der Waals surface area contributed by atoms with Crippen LogP contribution in [0.3, 0.4) is 0 Å². The van der Waals surface area contributed by atoms with Crippen molar-refractivity contribution < 1.29 is 49.1 Å². The summed E-state index contributed by atoms with van der Waals surface area (Å²) in [6.07, 6.45) is 7.16. The molecule has 0 heterocycles. The predicted molar refractivity (Wildman–Crippen MR) is 175 cm³/mol. The van der Waals surface area contributed by atoms with Crippen LogP contribution in [0.2, 0.25) is 0 Å². The number of aromatic carboxylic acids is 4. The molecule has 0 aliphatic rings. The van der Waals surface area contributed by atoms with Crippen molar-refractivity contribution in [3.8, 4) is 11.5 Å². The second-order valence-electron chi connectivity index (χ2n) is 11.5. The Hall–Kier alpha value is -5.12. The third-order valence-electron chi connectivity index (χ3n) is 8.46. The Kier molecular flexibility index (Phi) is 9.46. The van der Waals surface area contributed by atoms with E-state index < -0.39 is 23.9 Å². The van der Waals surface area contributed by atoms with E-state index in [1.54, 1.807) is 12.1 Å². The number of hydrogen-bond acceptors (Lipinski definition) is 6. The molecule has 0 unspecified atom stereocenters. The third kappa shape index (κ3) is 5.71. The Morgan fingerprint density at radius 1 is 0.478 bits per heavy atom. The number of rotatable bonds is 16. The SMILES string of the molecule is CCCCCCOc1cc(C(=O)O)c2c(C(=O)O)ccc3c4c(OCCCCCC)cc(C(=O)O)c5c(C(=O)O)ccc(c1c23)c54. The van der Waals surface area contributed by atoms with Crippen LogP contribution in [0.4, 0.5) is 0 Å². The van der Waals surface area contributed by atoms with Crippen molar-refractivity contribution in [1.29, 1.82) is 0 Å². The summed E-state index contributed by atoms with van der Waals surface area (Å²) in [5.41, 5.74) is -0.962. The van der Waals surface area contributed by atoms with E-state index >= 15 is 0 Å². The maximum Gasteiger partial charge on any atom is 0.336 e. The van der Waals surface area contributed by atoms with Crippen LogP contribution in [-0.2, 0) is 0 Å². The average Bonchev–Trinajstić information content (AvgIpc) is 3.02. The lowest BCUT2D eigenvalue weighted by Gasteiger charge is -2.23. The van der Waals surface area contributed by atoms with Gasteiger partial charge in [0.15, 0.2) is 0 Å². The number of carboxylic acid groups (broad SMARTS) is 4. The smallest absolute Gasteiger partial charge is 0.336 e. The highest BCUT2D eigenvalue weighted by Gasteiger charge is 2.29. The maximum absolute atomic E-state index is 12.7. The van der Waals surface area contributed by atoms with Gasteiger partial charge in [-0.05, 0) is 47.9 Å². The predicted octanol–water partition coefficient (Wildman–Crippen LogP) is 8.45. The summed E-state index contributed by atoms with van der Waals surface area (Å²) in [4.78, 5) is 50.2. The zero-order chi connectivity index (χ0) is 33.1. The van der Waals surface area contributed by atoms with Crippen LogP contribution in [0, 0.1) is 0 Å². The first kappa shape index (κ1) is 32.3. The lowest BCUT2D eigenvalue weighted by atomic mass is 9.83. The molecule has 5 aromatic carbocycles. The summed E-state index contributed by atoms with van der Waals surface area (Å²) in [6, 6.07) is 8.34. The van der Waals surface area contributed by atoms with Gasteiger partial charge in [0, 0.05) is 32.3 Å². The summed E-state index contributed by atoms with van der Waals surface area (Å²) in [6.45, 7) is 4.67. The molecular weight excluding hydrogens is 592 g/mol. The van der Waals surface area contributed by atoms with E-state index in [9.17, 15) is 39.6 Å². The zero-order valence-electron chi connectivity index (χ0n) is 25.8. The van der Waals surface area contributed by atoms with Gasteiger partial charge in [-0.3, -0.25) is 0 Å². The Morgan fingerprint density at radius 2 is 0.848 bits per heavy atom. The van der Waals surface area contributed by atoms with Gasteiger partial charge in [0.2, 0.25) is 0 Å². The summed E-state index contributed by atoms with van der Waals surface area (Å²) >= 11 is 0. The van der Waals surface area contributed by atoms with Gasteiger partial charge in [-0.25, -0.2) is 19.2 Å². The third-order valence-corrected chi connectivity index (χ3v) is 8.46. The second kappa shape index (κ2) is 13.5. The molecule has 5 aromatic rings. The van der Waals surface area contributed by atoms with Gasteiger partial charge < -0.3 is 29.9 Å². The lowest BCUT2D eigenvalue weighted by Crippen LogP contribution is -2.10. The van der Waals surface area contributed by atoms with Gasteiger partial charge in [-0.15, -0.1) is 0 Å². The molecule has 0 aliphatic heterocycles. The van der Waals surface area contributed by atoms with Gasteiger partial charge in [-0.1, -0.05) is 64.5 Å². The van der Waals surface area contributed by atoms with Gasteiger partial charge in [0.1, 0.15) is 11.5 Å². The standard InChI is InChI=1S/C36H36O10/c1-3-5-7-9-15-45-25-17-23(35(41)42)27-21(33(37)38)14-12-20-30-26(46-16-10-8-6-4-2)18-24(36(43)44)28-22(34(39)40)13-11-19(32(28)30)29(25)31(20)27/h11-14,17-18H,3-10,15-16H2,1-2H3,(H,37,38)(H,39,40)(H,41,42)(H,43,44). The number of ether oxygens (including phenoxy) is 2. The van der Waals surface area contributed by atoms with Crippen LogP contribution in [0.15, 0.2) is 36.4 Å². The Balaban J connectivity index is 1.98. The molecule has 0 saturated heterocycles. The van der Waals surface area contributed by atoms with Gasteiger partial charge in [0.05, 0.1) is 35.5 Å². The average molecular weight is 629 g/mol. The zero-order valence-corrected chi connectivity index (χ0v) is 25.8. The van der Waals surface area contributed by atoms with Crippen LogP contribution in [-0.4, -0.2) is 57.5 Å². The van der Waals surface area contributed by atoms with E-state index in [4.69, 9.17) is 9.47 Å². The molecule has 0 radical (unpaired) electrons. The van der Waals surface area contributed by atoms with Gasteiger partial charge >= 0.3 is 23.9 Å². The van der Waals surface area contributed by atoms with E-state index in [0.29, 0.717) is 45.2 Å². The van der Waals surface area contributed by atoms with Crippen LogP contribution >= 0.6 is 0 Å². The van der Waals surface area contributed by atoms with Crippen molar-refractivity contribution in [3.05, 3.63) is 58.7 Å². The first-order valence-corrected chi connectivity index (χ1v) is 15.6. The highest BCUT2D eigenvalue weighted by Crippen LogP contribution is 2.50. The number of hydrogen-bond donors (Lipinski definition) is 4. The first-order valence-electron chi connectivity index (χ1n) is 15.6. The Bertz CT molecular complexity index is 1850. The fourth-order valence-electron chi connectivity index (χ4n) is 6.38. The molecule has 0 aliphatic carbocycles. The number of carboxylic acids is 4. The second-order valence-corrected chi connectivity index (χ2v) is 11.5. The number of fused-ring (bicyclic) bond motifs is 2. The van der Waals surface area contributed by atoms with Crippen LogP contribution in [0.25, 0.3) is 43.1 Å². The maximum atomic E-state index is 12.7. The number of unbranched alkanes of at least 4 members (excludes halogenated alkanes) is 6. The van der Waals surface area contributed by atoms with Gasteiger partial charge in [-0.2, -0.15) is 0 Å². The highest BCUT2D eigenvalue weighted by molar-refractivity contribution is 6.40. The molecule has 0 atom stereocenters. The topological polar surface area (TPSA) is 168 Å². The summed E-state index contributed by atoms with van der Waals surface area (Å²) in [7, 11) is 0. The number of carbonyl (C=O) groups is 4. The normalized spacial score (nSPS) is 11.5. The fourth-order valence-corrected chi connectivity index (χ4v) is 6.38. The molecule has 0 amide bonds. The molecule has 10 heteroatoms. The Labute approximate surface area is 264 Å². The minimum absolute atomic E-state index is 0.0110. The monoisotopic (exact) mass is 628 g/mol. The van der Waals surface area contributed by atoms with E-state index in [-0.39, 0.29) is 57.7 Å². The molecule has 10 nitrogen and oxygen atoms in total. The number of benzene rings is 5. The molecule has 5 rings (SSSR count). The molecule has 0 fully saturated rings. The summed E-state index contributed by atoms with van der Waals surface area (Å²) in [5.74, 6) is -4.95. The first-order chi connectivity index (χ1) is 22.1. The quantitative estimate of drug-likeness (QED) is 0.0472. The molecule has 0 aromatic heterocycles. The summed E-state index contributed by atoms with van der Waals surface area (Å²) in [5, 5.41) is 43.1. The van der Waals surface area contributed by atoms with E-state index in [1.807, 2.05) is 0 Å². The Morgan fingerprint density at radius 3 is 1.17 bits per heavy atom. The molecule has 240 valence electrons. The van der Waals surface area contributed by atoms with Gasteiger partial charge in [0.25, 0.3) is 0 Å². The molecule has 0 bridgehead atoms. The minimum Gasteiger partial charge on any atom is -0.493 e. The van der Waals surface area contributed by atoms with Crippen LogP contribution in [0.5, 0.6) is 11.5 Å². The van der Waals surface area contributed by atoms with Crippen molar-refractivity contribution >= 4 is 67.0 Å². The van der Waals surface area contributed by atoms with Crippen molar-refractivity contribution in [2.24, 2.45) is 0 Å². The highest BCUT2D eigenvalue weighted by atomic mass is 16.5. The van der Waals surface area contributed by atoms with E-state index in [2.05, 4.69) is 13.8 Å². The van der Waals surface area contributed by atoms with Crippen molar-refractivity contribution in [1.82, 2.24) is 0 Å². The van der Waals surface area contributed by atoms with Crippen LogP contribution < -0.4 is 9.47 Å². The fraction of sp³-hybridized carbons (Fsp3) is 0.333. The largest absolute Gasteiger partial charge is 0.493 e. The molecular formula is C36H36O10.